The standard InChI is InChI=1S/C20H15FNS.C16H20NSi.Ir/c1-12(2)13-9-10-22-17(11-13)14-5-3-6-15-19-16(21)7-4-8-18(19)23-20(14)15;1-12-6-8-14(9-7-12)15-10-13(2)16(11-17-15)18(3,4)5;/h3-4,6-12H,1-2H3;6-8,10-11H,1-5H3;/q2*-1;/i;1D3,2D3;. The number of thiophene rings is 1. The minimum Gasteiger partial charge on any atom is -0.305 e. The zero-order valence-corrected chi connectivity index (χ0v) is 28.3. The van der Waals surface area contributed by atoms with Gasteiger partial charge in [-0.25, -0.2) is 4.39 Å². The van der Waals surface area contributed by atoms with Crippen LogP contribution in [0.5, 0.6) is 0 Å². The van der Waals surface area contributed by atoms with Gasteiger partial charge in [0.05, 0.1) is 8.07 Å². The van der Waals surface area contributed by atoms with Crippen molar-refractivity contribution in [3.63, 3.8) is 0 Å². The van der Waals surface area contributed by atoms with E-state index in [2.05, 4.69) is 61.7 Å². The molecule has 3 aromatic carbocycles. The summed E-state index contributed by atoms with van der Waals surface area (Å²) < 4.78 is 61.8. The van der Waals surface area contributed by atoms with E-state index >= 15 is 0 Å². The van der Waals surface area contributed by atoms with Gasteiger partial charge in [0, 0.05) is 50.8 Å². The molecule has 2 nitrogen and oxygen atoms in total. The molecule has 6 rings (SSSR count). The predicted octanol–water partition coefficient (Wildman–Crippen LogP) is 9.89. The SMILES string of the molecule is CC(C)c1ccnc(-c2[c-]ccc3c2sc2cccc(F)c23)c1.[2H]C([2H])([2H])c1c[c-]c(-c2cc(C([2H])([2H])[2H])c([Si](C)(C)C)cn2)cc1.[Ir]. The molecule has 42 heavy (non-hydrogen) atoms. The number of hydrogen-bond acceptors (Lipinski definition) is 3. The Morgan fingerprint density at radius 2 is 1.79 bits per heavy atom. The first-order valence-corrected chi connectivity index (χ1v) is 17.8. The summed E-state index contributed by atoms with van der Waals surface area (Å²) >= 11 is 1.60. The first-order valence-electron chi connectivity index (χ1n) is 16.5. The Morgan fingerprint density at radius 3 is 2.48 bits per heavy atom. The third-order valence-corrected chi connectivity index (χ3v) is 10.1. The molecule has 0 aliphatic heterocycles. The van der Waals surface area contributed by atoms with Crippen LogP contribution in [0.1, 0.15) is 44.7 Å². The van der Waals surface area contributed by atoms with Gasteiger partial charge in [-0.2, -0.15) is 11.3 Å². The predicted molar refractivity (Wildman–Crippen MR) is 176 cm³/mol. The molecule has 3 heterocycles. The summed E-state index contributed by atoms with van der Waals surface area (Å²) in [5, 5.41) is 2.45. The van der Waals surface area contributed by atoms with E-state index in [-0.39, 0.29) is 31.5 Å². The van der Waals surface area contributed by atoms with Gasteiger partial charge in [0.2, 0.25) is 0 Å². The number of pyridine rings is 2. The number of halogens is 1. The molecule has 0 bridgehead atoms. The van der Waals surface area contributed by atoms with Crippen LogP contribution in [0.15, 0.2) is 79.1 Å². The van der Waals surface area contributed by atoms with E-state index in [4.69, 9.17) is 8.22 Å². The number of rotatable bonds is 4. The molecular formula is C36H35FIrN2SSi-2. The van der Waals surface area contributed by atoms with E-state index in [9.17, 15) is 4.39 Å². The summed E-state index contributed by atoms with van der Waals surface area (Å²) in [7, 11) is -1.85. The van der Waals surface area contributed by atoms with Crippen LogP contribution in [0.2, 0.25) is 19.6 Å². The molecule has 0 amide bonds. The topological polar surface area (TPSA) is 25.8 Å². The second kappa shape index (κ2) is 13.1. The van der Waals surface area contributed by atoms with Crippen molar-refractivity contribution in [1.82, 2.24) is 9.97 Å². The van der Waals surface area contributed by atoms with Gasteiger partial charge in [0.1, 0.15) is 5.82 Å². The summed E-state index contributed by atoms with van der Waals surface area (Å²) in [5.74, 6) is 0.269. The van der Waals surface area contributed by atoms with E-state index in [1.165, 1.54) is 23.8 Å². The zero-order valence-electron chi connectivity index (χ0n) is 30.1. The summed E-state index contributed by atoms with van der Waals surface area (Å²) in [6.07, 6.45) is 3.49. The monoisotopic (exact) mass is 773 g/mol. The van der Waals surface area contributed by atoms with E-state index < -0.39 is 21.8 Å². The van der Waals surface area contributed by atoms with Crippen molar-refractivity contribution in [1.29, 1.82) is 0 Å². The molecule has 1 radical (unpaired) electrons. The number of benzene rings is 3. The summed E-state index contributed by atoms with van der Waals surface area (Å²) in [4.78, 5) is 8.91. The van der Waals surface area contributed by atoms with Gasteiger partial charge < -0.3 is 9.97 Å². The zero-order chi connectivity index (χ0) is 34.3. The van der Waals surface area contributed by atoms with Crippen LogP contribution < -0.4 is 5.19 Å². The quantitative estimate of drug-likeness (QED) is 0.132. The molecule has 0 saturated carbocycles. The van der Waals surface area contributed by atoms with Crippen molar-refractivity contribution in [2.75, 3.05) is 0 Å². The maximum Gasteiger partial charge on any atom is 0.130 e. The Balaban J connectivity index is 0.000000212. The van der Waals surface area contributed by atoms with Crippen LogP contribution in [0.25, 0.3) is 42.7 Å². The van der Waals surface area contributed by atoms with Crippen LogP contribution in [0.3, 0.4) is 0 Å². The molecule has 6 heteroatoms. The third kappa shape index (κ3) is 6.79. The van der Waals surface area contributed by atoms with Gasteiger partial charge in [-0.05, 0) is 52.2 Å². The second-order valence-corrected chi connectivity index (χ2v) is 17.4. The van der Waals surface area contributed by atoms with Gasteiger partial charge in [-0.3, -0.25) is 0 Å². The van der Waals surface area contributed by atoms with Gasteiger partial charge in [-0.1, -0.05) is 75.1 Å². The largest absolute Gasteiger partial charge is 0.305 e. The molecule has 0 aliphatic rings. The van der Waals surface area contributed by atoms with Crippen LogP contribution in [-0.2, 0) is 20.1 Å². The van der Waals surface area contributed by atoms with E-state index in [0.717, 1.165) is 31.2 Å². The second-order valence-electron chi connectivity index (χ2n) is 11.3. The maximum atomic E-state index is 14.2. The smallest absolute Gasteiger partial charge is 0.130 e. The summed E-state index contributed by atoms with van der Waals surface area (Å²) in [5.41, 5.74) is 4.67. The van der Waals surface area contributed by atoms with E-state index in [1.807, 2.05) is 30.5 Å². The van der Waals surface area contributed by atoms with Gasteiger partial charge in [0.15, 0.2) is 0 Å². The number of nitrogens with zero attached hydrogens (tertiary/aromatic N) is 2. The first-order chi connectivity index (χ1) is 21.9. The number of hydrogen-bond donors (Lipinski definition) is 0. The molecule has 3 aromatic heterocycles. The molecular weight excluding hydrogens is 732 g/mol. The van der Waals surface area contributed by atoms with Crippen LogP contribution in [0.4, 0.5) is 4.39 Å². The van der Waals surface area contributed by atoms with Crippen LogP contribution in [-0.4, -0.2) is 18.0 Å². The summed E-state index contributed by atoms with van der Waals surface area (Å²) in [6, 6.07) is 25.5. The minimum atomic E-state index is -2.22. The molecule has 0 spiro atoms. The minimum absolute atomic E-state index is 0. The van der Waals surface area contributed by atoms with Crippen molar-refractivity contribution in [3.8, 4) is 22.5 Å². The van der Waals surface area contributed by atoms with Crippen LogP contribution in [0, 0.1) is 31.7 Å². The average molecular weight is 773 g/mol. The third-order valence-electron chi connectivity index (χ3n) is 6.91. The Bertz CT molecular complexity index is 2050. The Morgan fingerprint density at radius 1 is 0.952 bits per heavy atom. The molecule has 0 N–H and O–H groups in total. The number of fused-ring (bicyclic) bond motifs is 3. The Kier molecular flexibility index (Phi) is 7.61. The molecule has 0 fully saturated rings. The average Bonchev–Trinajstić information content (AvgIpc) is 3.40. The Labute approximate surface area is 275 Å². The molecule has 217 valence electrons. The molecule has 0 unspecified atom stereocenters. The fraction of sp³-hybridized carbons (Fsp3) is 0.222. The van der Waals surface area contributed by atoms with Crippen molar-refractivity contribution >= 4 is 44.8 Å². The molecule has 0 saturated heterocycles. The van der Waals surface area contributed by atoms with Crippen molar-refractivity contribution in [3.05, 3.63) is 114 Å². The first kappa shape index (κ1) is 24.4. The summed E-state index contributed by atoms with van der Waals surface area (Å²) in [6.45, 7) is 6.17. The normalized spacial score (nSPS) is 14.1. The Hall–Kier alpha value is -3.02. The van der Waals surface area contributed by atoms with Gasteiger partial charge in [0.25, 0.3) is 0 Å². The van der Waals surface area contributed by atoms with Crippen molar-refractivity contribution < 1.29 is 32.7 Å². The molecule has 6 aromatic rings. The maximum absolute atomic E-state index is 14.2. The van der Waals surface area contributed by atoms with Crippen molar-refractivity contribution in [2.45, 2.75) is 53.1 Å². The van der Waals surface area contributed by atoms with E-state index in [0.29, 0.717) is 28.1 Å². The number of aromatic nitrogens is 2. The van der Waals surface area contributed by atoms with Crippen molar-refractivity contribution in [2.24, 2.45) is 0 Å². The fourth-order valence-corrected chi connectivity index (χ4v) is 7.22. The van der Waals surface area contributed by atoms with E-state index in [1.54, 1.807) is 35.7 Å². The molecule has 0 atom stereocenters. The molecule has 0 aliphatic carbocycles. The van der Waals surface area contributed by atoms with Crippen LogP contribution >= 0.6 is 11.3 Å². The number of aryl methyl sites for hydroxylation is 2. The van der Waals surface area contributed by atoms with Gasteiger partial charge in [-0.15, -0.1) is 59.2 Å². The van der Waals surface area contributed by atoms with Gasteiger partial charge >= 0.3 is 0 Å². The fourth-order valence-electron chi connectivity index (χ4n) is 4.67.